The van der Waals surface area contributed by atoms with Crippen LogP contribution in [-0.2, 0) is 13.2 Å². The summed E-state index contributed by atoms with van der Waals surface area (Å²) in [7, 11) is -1.72. The SMILES string of the molecule is CCn1ncnc1COc1cc(F)ccc1B(O)O. The van der Waals surface area contributed by atoms with Crippen LogP contribution in [0.2, 0.25) is 0 Å². The van der Waals surface area contributed by atoms with Gasteiger partial charge in [-0.05, 0) is 13.0 Å². The summed E-state index contributed by atoms with van der Waals surface area (Å²) in [5.41, 5.74) is 0.101. The number of aromatic nitrogens is 3. The molecule has 19 heavy (non-hydrogen) atoms. The van der Waals surface area contributed by atoms with Crippen LogP contribution in [0.1, 0.15) is 12.7 Å². The van der Waals surface area contributed by atoms with Crippen molar-refractivity contribution < 1.29 is 19.2 Å². The molecule has 0 fully saturated rings. The van der Waals surface area contributed by atoms with Crippen LogP contribution in [-0.4, -0.2) is 31.9 Å². The molecule has 0 aliphatic heterocycles. The van der Waals surface area contributed by atoms with Gasteiger partial charge < -0.3 is 14.8 Å². The average molecular weight is 265 g/mol. The molecule has 0 bridgehead atoms. The monoisotopic (exact) mass is 265 g/mol. The fourth-order valence-corrected chi connectivity index (χ4v) is 1.65. The van der Waals surface area contributed by atoms with Crippen molar-refractivity contribution >= 4 is 12.6 Å². The van der Waals surface area contributed by atoms with E-state index in [0.29, 0.717) is 12.4 Å². The summed E-state index contributed by atoms with van der Waals surface area (Å²) in [6, 6.07) is 3.50. The van der Waals surface area contributed by atoms with Crippen molar-refractivity contribution in [2.75, 3.05) is 0 Å². The van der Waals surface area contributed by atoms with Gasteiger partial charge >= 0.3 is 7.12 Å². The van der Waals surface area contributed by atoms with Gasteiger partial charge in [-0.15, -0.1) is 0 Å². The van der Waals surface area contributed by atoms with Crippen molar-refractivity contribution in [2.24, 2.45) is 0 Å². The van der Waals surface area contributed by atoms with Crippen molar-refractivity contribution in [2.45, 2.75) is 20.1 Å². The quantitative estimate of drug-likeness (QED) is 0.725. The molecule has 0 radical (unpaired) electrons. The summed E-state index contributed by atoms with van der Waals surface area (Å²) in [4.78, 5) is 4.01. The van der Waals surface area contributed by atoms with Gasteiger partial charge in [-0.2, -0.15) is 5.10 Å². The smallest absolute Gasteiger partial charge is 0.486 e. The zero-order chi connectivity index (χ0) is 13.8. The number of halogens is 1. The van der Waals surface area contributed by atoms with Crippen LogP contribution >= 0.6 is 0 Å². The number of hydrogen-bond donors (Lipinski definition) is 2. The van der Waals surface area contributed by atoms with Crippen LogP contribution in [0.4, 0.5) is 4.39 Å². The fraction of sp³-hybridized carbons (Fsp3) is 0.273. The van der Waals surface area contributed by atoms with Gasteiger partial charge in [0.1, 0.15) is 24.5 Å². The van der Waals surface area contributed by atoms with Gasteiger partial charge in [0.05, 0.1) is 0 Å². The van der Waals surface area contributed by atoms with E-state index in [2.05, 4.69) is 10.1 Å². The van der Waals surface area contributed by atoms with Crippen LogP contribution in [0.5, 0.6) is 5.75 Å². The highest BCUT2D eigenvalue weighted by Crippen LogP contribution is 2.12. The molecule has 0 saturated heterocycles. The molecular formula is C11H13BFN3O3. The van der Waals surface area contributed by atoms with Crippen molar-refractivity contribution in [3.8, 4) is 5.75 Å². The fourth-order valence-electron chi connectivity index (χ4n) is 1.65. The molecule has 0 aliphatic carbocycles. The van der Waals surface area contributed by atoms with E-state index in [1.54, 1.807) is 4.68 Å². The van der Waals surface area contributed by atoms with Crippen molar-refractivity contribution in [1.29, 1.82) is 0 Å². The predicted octanol–water partition coefficient (Wildman–Crippen LogP) is -0.304. The Hall–Kier alpha value is -1.93. The molecule has 0 unspecified atom stereocenters. The van der Waals surface area contributed by atoms with E-state index in [-0.39, 0.29) is 17.8 Å². The number of nitrogens with zero attached hydrogens (tertiary/aromatic N) is 3. The zero-order valence-corrected chi connectivity index (χ0v) is 10.3. The minimum absolute atomic E-state index is 0.0665. The third-order valence-corrected chi connectivity index (χ3v) is 2.61. The first-order chi connectivity index (χ1) is 9.11. The number of hydrogen-bond acceptors (Lipinski definition) is 5. The molecule has 2 rings (SSSR count). The van der Waals surface area contributed by atoms with E-state index in [4.69, 9.17) is 4.74 Å². The lowest BCUT2D eigenvalue weighted by Crippen LogP contribution is -2.31. The highest BCUT2D eigenvalue weighted by atomic mass is 19.1. The van der Waals surface area contributed by atoms with Crippen molar-refractivity contribution in [3.63, 3.8) is 0 Å². The zero-order valence-electron chi connectivity index (χ0n) is 10.3. The van der Waals surface area contributed by atoms with E-state index in [9.17, 15) is 14.4 Å². The van der Waals surface area contributed by atoms with E-state index in [1.165, 1.54) is 12.4 Å². The number of aryl methyl sites for hydroxylation is 1. The van der Waals surface area contributed by atoms with E-state index >= 15 is 0 Å². The Balaban J connectivity index is 2.17. The first-order valence-electron chi connectivity index (χ1n) is 5.77. The van der Waals surface area contributed by atoms with Crippen molar-refractivity contribution in [1.82, 2.24) is 14.8 Å². The van der Waals surface area contributed by atoms with Crippen LogP contribution in [0, 0.1) is 5.82 Å². The Morgan fingerprint density at radius 1 is 1.42 bits per heavy atom. The molecule has 2 aromatic rings. The molecule has 0 saturated carbocycles. The van der Waals surface area contributed by atoms with Gasteiger partial charge in [0, 0.05) is 18.1 Å². The van der Waals surface area contributed by atoms with Crippen LogP contribution < -0.4 is 10.2 Å². The van der Waals surface area contributed by atoms with Gasteiger partial charge in [0.25, 0.3) is 0 Å². The van der Waals surface area contributed by atoms with Crippen LogP contribution in [0.25, 0.3) is 0 Å². The van der Waals surface area contributed by atoms with Gasteiger partial charge in [0.2, 0.25) is 0 Å². The first-order valence-corrected chi connectivity index (χ1v) is 5.77. The topological polar surface area (TPSA) is 80.4 Å². The summed E-state index contributed by atoms with van der Waals surface area (Å²) in [6.07, 6.45) is 1.40. The Bertz CT molecular complexity index is 562. The average Bonchev–Trinajstić information content (AvgIpc) is 2.83. The molecule has 0 amide bonds. The molecule has 8 heteroatoms. The van der Waals surface area contributed by atoms with Gasteiger partial charge in [-0.1, -0.05) is 6.07 Å². The van der Waals surface area contributed by atoms with E-state index in [1.807, 2.05) is 6.92 Å². The minimum atomic E-state index is -1.72. The summed E-state index contributed by atoms with van der Waals surface area (Å²) >= 11 is 0. The summed E-state index contributed by atoms with van der Waals surface area (Å²) in [5.74, 6) is 0.127. The Morgan fingerprint density at radius 2 is 2.21 bits per heavy atom. The Labute approximate surface area is 109 Å². The van der Waals surface area contributed by atoms with E-state index < -0.39 is 12.9 Å². The van der Waals surface area contributed by atoms with Crippen LogP contribution in [0.15, 0.2) is 24.5 Å². The maximum absolute atomic E-state index is 13.1. The van der Waals surface area contributed by atoms with E-state index in [0.717, 1.165) is 12.1 Å². The molecule has 0 spiro atoms. The molecule has 100 valence electrons. The summed E-state index contributed by atoms with van der Waals surface area (Å²) in [5, 5.41) is 22.3. The summed E-state index contributed by atoms with van der Waals surface area (Å²) < 4.78 is 20.2. The molecule has 1 heterocycles. The lowest BCUT2D eigenvalue weighted by atomic mass is 9.79. The summed E-state index contributed by atoms with van der Waals surface area (Å²) in [6.45, 7) is 2.61. The highest BCUT2D eigenvalue weighted by Gasteiger charge is 2.18. The molecule has 1 aromatic heterocycles. The third kappa shape index (κ3) is 3.10. The highest BCUT2D eigenvalue weighted by molar-refractivity contribution is 6.59. The first kappa shape index (κ1) is 13.5. The number of ether oxygens (including phenoxy) is 1. The molecule has 0 aliphatic rings. The van der Waals surface area contributed by atoms with Gasteiger partial charge in [-0.25, -0.2) is 14.1 Å². The molecule has 1 aromatic carbocycles. The molecule has 2 N–H and O–H groups in total. The van der Waals surface area contributed by atoms with Crippen LogP contribution in [0.3, 0.4) is 0 Å². The number of rotatable bonds is 5. The lowest BCUT2D eigenvalue weighted by molar-refractivity contribution is 0.286. The number of benzene rings is 1. The van der Waals surface area contributed by atoms with Gasteiger partial charge in [-0.3, -0.25) is 0 Å². The predicted molar refractivity (Wildman–Crippen MR) is 66.3 cm³/mol. The second-order valence-electron chi connectivity index (χ2n) is 3.84. The molecule has 0 atom stereocenters. The van der Waals surface area contributed by atoms with Crippen molar-refractivity contribution in [3.05, 3.63) is 36.2 Å². The lowest BCUT2D eigenvalue weighted by Gasteiger charge is -2.11. The Kier molecular flexibility index (Phi) is 4.13. The van der Waals surface area contributed by atoms with Gasteiger partial charge in [0.15, 0.2) is 5.82 Å². The Morgan fingerprint density at radius 3 is 2.89 bits per heavy atom. The molecule has 6 nitrogen and oxygen atoms in total. The third-order valence-electron chi connectivity index (χ3n) is 2.61. The maximum atomic E-state index is 13.1. The standard InChI is InChI=1S/C11H13BFN3O3/c1-2-16-11(14-7-15-16)6-19-10-5-8(13)3-4-9(10)12(17)18/h3-5,7,17-18H,2,6H2,1H3. The second kappa shape index (κ2) is 5.81. The second-order valence-corrected chi connectivity index (χ2v) is 3.84. The molecular weight excluding hydrogens is 252 g/mol. The minimum Gasteiger partial charge on any atom is -0.486 e. The normalized spacial score (nSPS) is 10.5. The maximum Gasteiger partial charge on any atom is 0.492 e. The largest absolute Gasteiger partial charge is 0.492 e.